The van der Waals surface area contributed by atoms with E-state index in [-0.39, 0.29) is 23.9 Å². The third-order valence-corrected chi connectivity index (χ3v) is 3.59. The molecule has 114 valence electrons. The van der Waals surface area contributed by atoms with Crippen LogP contribution >= 0.6 is 22.6 Å². The monoisotopic (exact) mass is 410 g/mol. The van der Waals surface area contributed by atoms with E-state index < -0.39 is 0 Å². The molecule has 0 amide bonds. The predicted octanol–water partition coefficient (Wildman–Crippen LogP) is 3.88. The van der Waals surface area contributed by atoms with Crippen LogP contribution in [0.4, 0.5) is 0 Å². The first-order valence-corrected chi connectivity index (χ1v) is 7.61. The Hall–Kier alpha value is -1.86. The Labute approximate surface area is 142 Å². The second kappa shape index (κ2) is 7.95. The van der Waals surface area contributed by atoms with Gasteiger partial charge in [0.05, 0.1) is 5.56 Å². The number of phenolic OH excluding ortho intramolecular Hbond substituents is 1. The molecule has 0 unspecified atom stereocenters. The van der Waals surface area contributed by atoms with Gasteiger partial charge in [0.25, 0.3) is 0 Å². The molecule has 1 N–H and O–H groups in total. The summed E-state index contributed by atoms with van der Waals surface area (Å²) in [6.07, 6.45) is 3.15. The van der Waals surface area contributed by atoms with Crippen molar-refractivity contribution in [3.05, 3.63) is 63.2 Å². The van der Waals surface area contributed by atoms with Crippen molar-refractivity contribution >= 4 is 34.5 Å². The number of phenols is 1. The largest absolute Gasteiger partial charge is 0.507 e. The fraction of sp³-hybridized carbons (Fsp3) is 0.118. The lowest BCUT2D eigenvalue weighted by atomic mass is 10.1. The van der Waals surface area contributed by atoms with E-state index in [1.54, 1.807) is 12.1 Å². The van der Waals surface area contributed by atoms with Gasteiger partial charge in [-0.3, -0.25) is 4.79 Å². The standard InChI is InChI=1S/C17H15IO4/c1-21-11-22-14-7-8-15(17(20)10-14)16(19)9-4-12-2-5-13(18)6-3-12/h2-10,20H,11H2,1H3/b9-4+. The van der Waals surface area contributed by atoms with E-state index in [1.165, 1.54) is 25.3 Å². The van der Waals surface area contributed by atoms with Gasteiger partial charge in [-0.25, -0.2) is 0 Å². The molecule has 0 saturated carbocycles. The summed E-state index contributed by atoms with van der Waals surface area (Å²) in [5.74, 6) is 0.0534. The fourth-order valence-electron chi connectivity index (χ4n) is 1.77. The molecule has 2 aromatic carbocycles. The number of benzene rings is 2. The lowest BCUT2D eigenvalue weighted by molar-refractivity contribution is 0.0510. The SMILES string of the molecule is COCOc1ccc(C(=O)/C=C/c2ccc(I)cc2)c(O)c1. The van der Waals surface area contributed by atoms with E-state index in [2.05, 4.69) is 22.6 Å². The van der Waals surface area contributed by atoms with Gasteiger partial charge >= 0.3 is 0 Å². The molecule has 2 aromatic rings. The van der Waals surface area contributed by atoms with E-state index in [9.17, 15) is 9.90 Å². The number of ether oxygens (including phenoxy) is 2. The molecule has 0 saturated heterocycles. The van der Waals surface area contributed by atoms with Gasteiger partial charge < -0.3 is 14.6 Å². The van der Waals surface area contributed by atoms with Gasteiger partial charge in [-0.05, 0) is 58.5 Å². The Bertz CT molecular complexity index is 678. The molecule has 0 aliphatic heterocycles. The molecule has 0 atom stereocenters. The smallest absolute Gasteiger partial charge is 0.189 e. The van der Waals surface area contributed by atoms with Gasteiger partial charge in [0, 0.05) is 16.7 Å². The van der Waals surface area contributed by atoms with E-state index in [0.29, 0.717) is 5.75 Å². The van der Waals surface area contributed by atoms with Gasteiger partial charge in [-0.15, -0.1) is 0 Å². The van der Waals surface area contributed by atoms with Crippen molar-refractivity contribution in [3.63, 3.8) is 0 Å². The molecule has 0 spiro atoms. The number of allylic oxidation sites excluding steroid dienone is 1. The minimum absolute atomic E-state index is 0.0828. The fourth-order valence-corrected chi connectivity index (χ4v) is 2.13. The van der Waals surface area contributed by atoms with Crippen LogP contribution < -0.4 is 4.74 Å². The average Bonchev–Trinajstić information content (AvgIpc) is 2.52. The third-order valence-electron chi connectivity index (χ3n) is 2.88. The first-order valence-electron chi connectivity index (χ1n) is 6.53. The second-order valence-electron chi connectivity index (χ2n) is 4.48. The first kappa shape index (κ1) is 16.5. The molecule has 5 heteroatoms. The maximum Gasteiger partial charge on any atom is 0.189 e. The molecule has 2 rings (SSSR count). The highest BCUT2D eigenvalue weighted by Crippen LogP contribution is 2.24. The Morgan fingerprint density at radius 1 is 1.23 bits per heavy atom. The van der Waals surface area contributed by atoms with Crippen LogP contribution in [0.15, 0.2) is 48.5 Å². The zero-order valence-corrected chi connectivity index (χ0v) is 14.1. The van der Waals surface area contributed by atoms with Crippen molar-refractivity contribution in [1.82, 2.24) is 0 Å². The minimum atomic E-state index is -0.269. The minimum Gasteiger partial charge on any atom is -0.507 e. The summed E-state index contributed by atoms with van der Waals surface area (Å²) in [5, 5.41) is 9.92. The average molecular weight is 410 g/mol. The van der Waals surface area contributed by atoms with E-state index in [0.717, 1.165) is 9.13 Å². The molecule has 0 heterocycles. The highest BCUT2D eigenvalue weighted by atomic mass is 127. The number of halogens is 1. The predicted molar refractivity (Wildman–Crippen MR) is 93.1 cm³/mol. The lowest BCUT2D eigenvalue weighted by Crippen LogP contribution is -2.00. The summed E-state index contributed by atoms with van der Waals surface area (Å²) in [5.41, 5.74) is 1.15. The lowest BCUT2D eigenvalue weighted by Gasteiger charge is -2.06. The van der Waals surface area contributed by atoms with Gasteiger partial charge in [-0.1, -0.05) is 18.2 Å². The van der Waals surface area contributed by atoms with Crippen LogP contribution in [-0.2, 0) is 4.74 Å². The Kier molecular flexibility index (Phi) is 5.97. The Balaban J connectivity index is 2.10. The number of methoxy groups -OCH3 is 1. The molecule has 0 fully saturated rings. The van der Waals surface area contributed by atoms with Gasteiger partial charge in [-0.2, -0.15) is 0 Å². The van der Waals surface area contributed by atoms with Gasteiger partial charge in [0.2, 0.25) is 0 Å². The van der Waals surface area contributed by atoms with Crippen LogP contribution in [0, 0.1) is 3.57 Å². The van der Waals surface area contributed by atoms with Crippen molar-refractivity contribution in [3.8, 4) is 11.5 Å². The van der Waals surface area contributed by atoms with Crippen molar-refractivity contribution in [2.24, 2.45) is 0 Å². The molecule has 22 heavy (non-hydrogen) atoms. The number of carbonyl (C=O) groups excluding carboxylic acids is 1. The molecule has 4 nitrogen and oxygen atoms in total. The number of carbonyl (C=O) groups is 1. The van der Waals surface area contributed by atoms with Crippen molar-refractivity contribution in [2.45, 2.75) is 0 Å². The third kappa shape index (κ3) is 4.57. The number of hydrogen-bond acceptors (Lipinski definition) is 4. The number of ketones is 1. The highest BCUT2D eigenvalue weighted by molar-refractivity contribution is 14.1. The normalized spacial score (nSPS) is 10.8. The van der Waals surface area contributed by atoms with E-state index in [4.69, 9.17) is 9.47 Å². The molecule has 0 aromatic heterocycles. The Morgan fingerprint density at radius 2 is 1.95 bits per heavy atom. The van der Waals surface area contributed by atoms with Gasteiger partial charge in [0.1, 0.15) is 11.5 Å². The quantitative estimate of drug-likeness (QED) is 0.340. The summed E-state index contributed by atoms with van der Waals surface area (Å²) in [6.45, 7) is 0.0828. The summed E-state index contributed by atoms with van der Waals surface area (Å²) in [7, 11) is 1.51. The van der Waals surface area contributed by atoms with Crippen molar-refractivity contribution in [2.75, 3.05) is 13.9 Å². The van der Waals surface area contributed by atoms with Crippen molar-refractivity contribution < 1.29 is 19.4 Å². The molecular formula is C17H15IO4. The van der Waals surface area contributed by atoms with Crippen LogP contribution in [0.25, 0.3) is 6.08 Å². The number of rotatable bonds is 6. The zero-order chi connectivity index (χ0) is 15.9. The Morgan fingerprint density at radius 3 is 2.59 bits per heavy atom. The van der Waals surface area contributed by atoms with Crippen LogP contribution in [0.3, 0.4) is 0 Å². The van der Waals surface area contributed by atoms with Crippen LogP contribution in [0.1, 0.15) is 15.9 Å². The first-order chi connectivity index (χ1) is 10.6. The maximum atomic E-state index is 12.1. The second-order valence-corrected chi connectivity index (χ2v) is 5.72. The van der Waals surface area contributed by atoms with Crippen LogP contribution in [-0.4, -0.2) is 24.8 Å². The maximum absolute atomic E-state index is 12.1. The van der Waals surface area contributed by atoms with Crippen molar-refractivity contribution in [1.29, 1.82) is 0 Å². The molecule has 0 aliphatic carbocycles. The van der Waals surface area contributed by atoms with E-state index in [1.807, 2.05) is 24.3 Å². The molecule has 0 aliphatic rings. The summed E-state index contributed by atoms with van der Waals surface area (Å²) in [6, 6.07) is 12.3. The van der Waals surface area contributed by atoms with Gasteiger partial charge in [0.15, 0.2) is 12.6 Å². The number of hydrogen-bond donors (Lipinski definition) is 1. The summed E-state index contributed by atoms with van der Waals surface area (Å²) < 4.78 is 11.1. The summed E-state index contributed by atoms with van der Waals surface area (Å²) in [4.78, 5) is 12.1. The highest BCUT2D eigenvalue weighted by Gasteiger charge is 2.09. The number of aromatic hydroxyl groups is 1. The van der Waals surface area contributed by atoms with E-state index >= 15 is 0 Å². The molecular weight excluding hydrogens is 395 g/mol. The van der Waals surface area contributed by atoms with Crippen LogP contribution in [0.5, 0.6) is 11.5 Å². The topological polar surface area (TPSA) is 55.8 Å². The zero-order valence-electron chi connectivity index (χ0n) is 12.0. The van der Waals surface area contributed by atoms with Crippen LogP contribution in [0.2, 0.25) is 0 Å². The molecule has 0 bridgehead atoms. The summed E-state index contributed by atoms with van der Waals surface area (Å²) >= 11 is 2.22. The molecule has 0 radical (unpaired) electrons.